The van der Waals surface area contributed by atoms with Crippen molar-refractivity contribution in [2.24, 2.45) is 0 Å². The van der Waals surface area contributed by atoms with Crippen LogP contribution in [0.5, 0.6) is 0 Å². The first-order valence-electron chi connectivity index (χ1n) is 4.79. The molecule has 0 aliphatic carbocycles. The molecule has 1 atom stereocenters. The quantitative estimate of drug-likeness (QED) is 0.699. The van der Waals surface area contributed by atoms with Gasteiger partial charge in [0, 0.05) is 6.54 Å². The summed E-state index contributed by atoms with van der Waals surface area (Å²) in [6.45, 7) is 4.69. The van der Waals surface area contributed by atoms with E-state index in [0.29, 0.717) is 0 Å². The van der Waals surface area contributed by atoms with E-state index in [1.807, 2.05) is 0 Å². The van der Waals surface area contributed by atoms with E-state index in [4.69, 9.17) is 4.74 Å². The Labute approximate surface area is 87.4 Å². The van der Waals surface area contributed by atoms with Gasteiger partial charge >= 0.3 is 6.09 Å². The van der Waals surface area contributed by atoms with Crippen LogP contribution in [-0.4, -0.2) is 36.7 Å². The van der Waals surface area contributed by atoms with E-state index < -0.39 is 30.2 Å². The summed E-state index contributed by atoms with van der Waals surface area (Å²) in [6, 6.07) is -1.19. The lowest BCUT2D eigenvalue weighted by molar-refractivity contribution is -0.0106. The van der Waals surface area contributed by atoms with Crippen molar-refractivity contribution in [2.45, 2.75) is 38.3 Å². The molecule has 0 bridgehead atoms. The van der Waals surface area contributed by atoms with Crippen LogP contribution in [0.15, 0.2) is 0 Å². The number of carbonyl (C=O) groups is 1. The number of halogens is 2. The third-order valence-electron chi connectivity index (χ3n) is 1.91. The Morgan fingerprint density at radius 1 is 1.53 bits per heavy atom. The summed E-state index contributed by atoms with van der Waals surface area (Å²) in [4.78, 5) is 11.2. The molecule has 1 amide bonds. The molecule has 1 aliphatic heterocycles. The van der Waals surface area contributed by atoms with Gasteiger partial charge in [-0.05, 0) is 20.8 Å². The number of amides is 1. The average molecular weight is 222 g/mol. The minimum atomic E-state index is -2.91. The zero-order valence-corrected chi connectivity index (χ0v) is 9.06. The van der Waals surface area contributed by atoms with E-state index in [1.165, 1.54) is 0 Å². The fourth-order valence-electron chi connectivity index (χ4n) is 1.26. The molecule has 0 aromatic carbocycles. The Morgan fingerprint density at radius 3 is 2.53 bits per heavy atom. The third-order valence-corrected chi connectivity index (χ3v) is 1.91. The molecule has 1 saturated heterocycles. The molecular formula is C9H16F2N2O2. The number of hydrogen-bond donors (Lipinski definition) is 2. The number of alkyl halides is 2. The number of rotatable bonds is 1. The van der Waals surface area contributed by atoms with Crippen LogP contribution in [0.25, 0.3) is 0 Å². The number of nitrogens with one attached hydrogen (secondary N) is 2. The van der Waals surface area contributed by atoms with Gasteiger partial charge < -0.3 is 15.4 Å². The molecule has 2 N–H and O–H groups in total. The molecule has 88 valence electrons. The Bertz CT molecular complexity index is 251. The third kappa shape index (κ3) is 3.62. The topological polar surface area (TPSA) is 50.4 Å². The Balaban J connectivity index is 2.45. The number of carbonyl (C=O) groups excluding carboxylic acids is 1. The molecule has 0 saturated carbocycles. The maximum absolute atomic E-state index is 13.1. The molecule has 1 heterocycles. The van der Waals surface area contributed by atoms with Crippen LogP contribution in [0.2, 0.25) is 0 Å². The van der Waals surface area contributed by atoms with Crippen molar-refractivity contribution in [3.63, 3.8) is 0 Å². The lowest BCUT2D eigenvalue weighted by atomic mass is 10.2. The van der Waals surface area contributed by atoms with Crippen molar-refractivity contribution >= 4 is 6.09 Å². The highest BCUT2D eigenvalue weighted by Gasteiger charge is 2.45. The second-order valence-electron chi connectivity index (χ2n) is 4.59. The second kappa shape index (κ2) is 3.92. The van der Waals surface area contributed by atoms with Crippen LogP contribution >= 0.6 is 0 Å². The van der Waals surface area contributed by atoms with Crippen molar-refractivity contribution in [3.05, 3.63) is 0 Å². The molecule has 1 rings (SSSR count). The molecule has 0 unspecified atom stereocenters. The first-order chi connectivity index (χ1) is 6.71. The van der Waals surface area contributed by atoms with Gasteiger partial charge in [0.1, 0.15) is 11.6 Å². The van der Waals surface area contributed by atoms with Crippen LogP contribution in [0.3, 0.4) is 0 Å². The van der Waals surface area contributed by atoms with Crippen molar-refractivity contribution in [3.8, 4) is 0 Å². The van der Waals surface area contributed by atoms with Gasteiger partial charge in [0.25, 0.3) is 5.92 Å². The van der Waals surface area contributed by atoms with Crippen LogP contribution in [-0.2, 0) is 4.74 Å². The standard InChI is InChI=1S/C9H16F2N2O2/c1-8(2,3)15-7(14)13-6-4-12-5-9(6,10)11/h6,12H,4-5H2,1-3H3,(H,13,14)/t6-/m1/s1. The van der Waals surface area contributed by atoms with Gasteiger partial charge in [0.15, 0.2) is 0 Å². The van der Waals surface area contributed by atoms with E-state index in [9.17, 15) is 13.6 Å². The Hall–Kier alpha value is -0.910. The minimum Gasteiger partial charge on any atom is -0.444 e. The van der Waals surface area contributed by atoms with E-state index in [2.05, 4.69) is 10.6 Å². The summed E-state index contributed by atoms with van der Waals surface area (Å²) in [5.41, 5.74) is -0.675. The van der Waals surface area contributed by atoms with Crippen molar-refractivity contribution in [2.75, 3.05) is 13.1 Å². The van der Waals surface area contributed by atoms with Crippen LogP contribution in [0.1, 0.15) is 20.8 Å². The highest BCUT2D eigenvalue weighted by molar-refractivity contribution is 5.68. The van der Waals surface area contributed by atoms with Crippen LogP contribution in [0.4, 0.5) is 13.6 Å². The first-order valence-corrected chi connectivity index (χ1v) is 4.79. The lowest BCUT2D eigenvalue weighted by Crippen LogP contribution is -2.48. The molecule has 1 fully saturated rings. The van der Waals surface area contributed by atoms with Gasteiger partial charge in [-0.1, -0.05) is 0 Å². The predicted molar refractivity (Wildman–Crippen MR) is 51.0 cm³/mol. The number of alkyl carbamates (subject to hydrolysis) is 1. The van der Waals surface area contributed by atoms with Crippen molar-refractivity contribution in [1.29, 1.82) is 0 Å². The zero-order chi connectivity index (χ0) is 11.7. The summed E-state index contributed by atoms with van der Waals surface area (Å²) in [7, 11) is 0. The van der Waals surface area contributed by atoms with Crippen LogP contribution < -0.4 is 10.6 Å². The number of hydrogen-bond acceptors (Lipinski definition) is 3. The molecule has 0 aromatic heterocycles. The fraction of sp³-hybridized carbons (Fsp3) is 0.889. The second-order valence-corrected chi connectivity index (χ2v) is 4.59. The maximum atomic E-state index is 13.1. The van der Waals surface area contributed by atoms with E-state index in [1.54, 1.807) is 20.8 Å². The summed E-state index contributed by atoms with van der Waals surface area (Å²) in [6.07, 6.45) is -0.809. The van der Waals surface area contributed by atoms with Gasteiger partial charge in [0.05, 0.1) is 6.54 Å². The SMILES string of the molecule is CC(C)(C)OC(=O)N[C@@H]1CNCC1(F)F. The molecule has 1 aliphatic rings. The Morgan fingerprint density at radius 2 is 2.13 bits per heavy atom. The molecule has 4 nitrogen and oxygen atoms in total. The molecule has 0 aromatic rings. The van der Waals surface area contributed by atoms with Gasteiger partial charge in [-0.3, -0.25) is 0 Å². The van der Waals surface area contributed by atoms with Gasteiger partial charge in [-0.2, -0.15) is 0 Å². The van der Waals surface area contributed by atoms with Gasteiger partial charge in [0.2, 0.25) is 0 Å². The van der Waals surface area contributed by atoms with Crippen molar-refractivity contribution < 1.29 is 18.3 Å². The minimum absolute atomic E-state index is 0.0617. The Kier molecular flexibility index (Phi) is 3.18. The fourth-order valence-corrected chi connectivity index (χ4v) is 1.26. The summed E-state index contributed by atoms with van der Waals surface area (Å²) in [5, 5.41) is 4.66. The first kappa shape index (κ1) is 12.2. The largest absolute Gasteiger partial charge is 0.444 e. The summed E-state index contributed by atoms with van der Waals surface area (Å²) >= 11 is 0. The van der Waals surface area contributed by atoms with E-state index >= 15 is 0 Å². The zero-order valence-electron chi connectivity index (χ0n) is 9.06. The molecular weight excluding hydrogens is 206 g/mol. The summed E-state index contributed by atoms with van der Waals surface area (Å²) < 4.78 is 31.0. The van der Waals surface area contributed by atoms with Crippen LogP contribution in [0, 0.1) is 0 Å². The van der Waals surface area contributed by atoms with Gasteiger partial charge in [-0.25, -0.2) is 13.6 Å². The van der Waals surface area contributed by atoms with Crippen molar-refractivity contribution in [1.82, 2.24) is 10.6 Å². The van der Waals surface area contributed by atoms with E-state index in [0.717, 1.165) is 0 Å². The molecule has 0 spiro atoms. The molecule has 0 radical (unpaired) electrons. The van der Waals surface area contributed by atoms with Gasteiger partial charge in [-0.15, -0.1) is 0 Å². The highest BCUT2D eigenvalue weighted by atomic mass is 19.3. The number of ether oxygens (including phenoxy) is 1. The van der Waals surface area contributed by atoms with E-state index in [-0.39, 0.29) is 6.54 Å². The monoisotopic (exact) mass is 222 g/mol. The maximum Gasteiger partial charge on any atom is 0.408 e. The highest BCUT2D eigenvalue weighted by Crippen LogP contribution is 2.22. The smallest absolute Gasteiger partial charge is 0.408 e. The molecule has 15 heavy (non-hydrogen) atoms. The molecule has 6 heteroatoms. The predicted octanol–water partition coefficient (Wildman–Crippen LogP) is 1.12. The lowest BCUT2D eigenvalue weighted by Gasteiger charge is -2.23. The summed E-state index contributed by atoms with van der Waals surface area (Å²) in [5.74, 6) is -2.91. The average Bonchev–Trinajstić information content (AvgIpc) is 2.26. The normalized spacial score (nSPS) is 25.0.